The van der Waals surface area contributed by atoms with E-state index in [1.54, 1.807) is 4.90 Å². The molecule has 1 aliphatic rings. The van der Waals surface area contributed by atoms with Crippen LogP contribution in [0.4, 0.5) is 0 Å². The van der Waals surface area contributed by atoms with Crippen LogP contribution in [0, 0.1) is 0 Å². The average molecular weight is 403 g/mol. The van der Waals surface area contributed by atoms with Gasteiger partial charge in [0.15, 0.2) is 6.61 Å². The molecular formula is C17H23ClN2O5S. The summed E-state index contributed by atoms with van der Waals surface area (Å²) in [4.78, 5) is 25.6. The summed E-state index contributed by atoms with van der Waals surface area (Å²) in [5.74, 6) is -0.839. The van der Waals surface area contributed by atoms with Crippen LogP contribution in [0.5, 0.6) is 0 Å². The predicted molar refractivity (Wildman–Crippen MR) is 97.2 cm³/mol. The van der Waals surface area contributed by atoms with E-state index in [2.05, 4.69) is 4.72 Å². The van der Waals surface area contributed by atoms with Crippen molar-refractivity contribution in [3.8, 4) is 0 Å². The molecular weight excluding hydrogens is 380 g/mol. The topological polar surface area (TPSA) is 92.8 Å². The second-order valence-electron chi connectivity index (χ2n) is 6.19. The molecule has 0 saturated carbocycles. The summed E-state index contributed by atoms with van der Waals surface area (Å²) in [5.41, 5.74) is 0. The minimum Gasteiger partial charge on any atom is -0.456 e. The number of esters is 1. The zero-order valence-electron chi connectivity index (χ0n) is 14.6. The molecule has 0 aliphatic carbocycles. The lowest BCUT2D eigenvalue weighted by Crippen LogP contribution is -2.44. The average Bonchev–Trinajstić information content (AvgIpc) is 2.60. The van der Waals surface area contributed by atoms with Gasteiger partial charge in [0.05, 0.1) is 11.3 Å². The molecule has 1 fully saturated rings. The second-order valence-corrected chi connectivity index (χ2v) is 8.40. The van der Waals surface area contributed by atoms with Crippen LogP contribution in [0.15, 0.2) is 29.2 Å². The summed E-state index contributed by atoms with van der Waals surface area (Å²) >= 11 is 5.73. The predicted octanol–water partition coefficient (Wildman–Crippen LogP) is 1.95. The van der Waals surface area contributed by atoms with E-state index in [-0.39, 0.29) is 36.4 Å². The van der Waals surface area contributed by atoms with Crippen molar-refractivity contribution in [3.05, 3.63) is 29.3 Å². The molecule has 144 valence electrons. The molecule has 1 aliphatic heterocycles. The molecule has 26 heavy (non-hydrogen) atoms. The third-order valence-corrected chi connectivity index (χ3v) is 5.95. The molecule has 7 nitrogen and oxygen atoms in total. The molecule has 1 amide bonds. The first kappa shape index (κ1) is 20.7. The molecule has 0 unspecified atom stereocenters. The third-order valence-electron chi connectivity index (χ3n) is 4.23. The highest BCUT2D eigenvalue weighted by Gasteiger charge is 2.24. The Morgan fingerprint density at radius 1 is 1.27 bits per heavy atom. The number of carbonyl (C=O) groups excluding carboxylic acids is 2. The van der Waals surface area contributed by atoms with Crippen LogP contribution in [-0.2, 0) is 24.3 Å². The Hall–Kier alpha value is -1.64. The van der Waals surface area contributed by atoms with Crippen molar-refractivity contribution in [1.82, 2.24) is 9.62 Å². The Balaban J connectivity index is 1.73. The van der Waals surface area contributed by atoms with Crippen molar-refractivity contribution in [2.24, 2.45) is 0 Å². The monoisotopic (exact) mass is 402 g/mol. The molecule has 1 aromatic carbocycles. The van der Waals surface area contributed by atoms with E-state index < -0.39 is 16.0 Å². The number of sulfonamides is 1. The standard InChI is InChI=1S/C17H23ClN2O5S/c1-13-4-2-3-11-20(13)16(21)12-25-17(22)9-10-19-26(23,24)15-7-5-14(18)6-8-15/h5-8,13,19H,2-4,9-12H2,1H3/t13-/m0/s1. The Kier molecular flexibility index (Phi) is 7.43. The first-order valence-corrected chi connectivity index (χ1v) is 10.4. The van der Waals surface area contributed by atoms with Gasteiger partial charge in [-0.2, -0.15) is 0 Å². The number of ether oxygens (including phenoxy) is 1. The van der Waals surface area contributed by atoms with Crippen LogP contribution in [0.25, 0.3) is 0 Å². The highest BCUT2D eigenvalue weighted by atomic mass is 35.5. The zero-order chi connectivity index (χ0) is 19.2. The summed E-state index contributed by atoms with van der Waals surface area (Å²) in [6.45, 7) is 2.23. The summed E-state index contributed by atoms with van der Waals surface area (Å²) in [5, 5.41) is 0.431. The van der Waals surface area contributed by atoms with Gasteiger partial charge in [0.2, 0.25) is 10.0 Å². The minimum absolute atomic E-state index is 0.0598. The summed E-state index contributed by atoms with van der Waals surface area (Å²) in [6.07, 6.45) is 2.84. The zero-order valence-corrected chi connectivity index (χ0v) is 16.2. The quantitative estimate of drug-likeness (QED) is 0.703. The summed E-state index contributed by atoms with van der Waals surface area (Å²) in [6, 6.07) is 5.85. The number of nitrogens with zero attached hydrogens (tertiary/aromatic N) is 1. The normalized spacial score (nSPS) is 17.8. The van der Waals surface area contributed by atoms with E-state index in [0.29, 0.717) is 11.6 Å². The van der Waals surface area contributed by atoms with Gasteiger partial charge in [-0.15, -0.1) is 0 Å². The van der Waals surface area contributed by atoms with E-state index in [1.165, 1.54) is 24.3 Å². The number of likely N-dealkylation sites (tertiary alicyclic amines) is 1. The number of hydrogen-bond donors (Lipinski definition) is 1. The SMILES string of the molecule is C[C@H]1CCCCN1C(=O)COC(=O)CCNS(=O)(=O)c1ccc(Cl)cc1. The molecule has 1 saturated heterocycles. The number of halogens is 1. The number of carbonyl (C=O) groups is 2. The van der Waals surface area contributed by atoms with Crippen molar-refractivity contribution in [3.63, 3.8) is 0 Å². The second kappa shape index (κ2) is 9.34. The number of hydrogen-bond acceptors (Lipinski definition) is 5. The molecule has 1 atom stereocenters. The molecule has 9 heteroatoms. The number of rotatable bonds is 7. The van der Waals surface area contributed by atoms with E-state index in [1.807, 2.05) is 6.92 Å². The van der Waals surface area contributed by atoms with Crippen LogP contribution in [0.2, 0.25) is 5.02 Å². The maximum Gasteiger partial charge on any atom is 0.307 e. The van der Waals surface area contributed by atoms with Crippen molar-refractivity contribution >= 4 is 33.5 Å². The molecule has 0 spiro atoms. The number of piperidine rings is 1. The van der Waals surface area contributed by atoms with E-state index in [0.717, 1.165) is 19.3 Å². The summed E-state index contributed by atoms with van der Waals surface area (Å²) in [7, 11) is -3.72. The van der Waals surface area contributed by atoms with Crippen molar-refractivity contribution in [2.75, 3.05) is 19.7 Å². The number of amides is 1. The van der Waals surface area contributed by atoms with Gasteiger partial charge in [-0.05, 0) is 50.5 Å². The van der Waals surface area contributed by atoms with Crippen LogP contribution >= 0.6 is 11.6 Å². The van der Waals surface area contributed by atoms with Gasteiger partial charge in [0.25, 0.3) is 5.91 Å². The van der Waals surface area contributed by atoms with Gasteiger partial charge in [-0.1, -0.05) is 11.6 Å². The highest BCUT2D eigenvalue weighted by molar-refractivity contribution is 7.89. The smallest absolute Gasteiger partial charge is 0.307 e. The fourth-order valence-corrected chi connectivity index (χ4v) is 3.91. The summed E-state index contributed by atoms with van der Waals surface area (Å²) < 4.78 is 31.4. The molecule has 0 radical (unpaired) electrons. The van der Waals surface area contributed by atoms with E-state index in [4.69, 9.17) is 16.3 Å². The van der Waals surface area contributed by atoms with Crippen LogP contribution in [-0.4, -0.2) is 50.9 Å². The van der Waals surface area contributed by atoms with E-state index >= 15 is 0 Å². The molecule has 0 bridgehead atoms. The molecule has 1 heterocycles. The Bertz CT molecular complexity index is 736. The lowest BCUT2D eigenvalue weighted by atomic mass is 10.0. The Labute approximate surface area is 158 Å². The van der Waals surface area contributed by atoms with Crippen molar-refractivity contribution in [2.45, 2.75) is 43.5 Å². The molecule has 1 N–H and O–H groups in total. The Morgan fingerprint density at radius 2 is 1.96 bits per heavy atom. The van der Waals surface area contributed by atoms with Gasteiger partial charge in [0, 0.05) is 24.2 Å². The first-order chi connectivity index (χ1) is 12.3. The van der Waals surface area contributed by atoms with E-state index in [9.17, 15) is 18.0 Å². The largest absolute Gasteiger partial charge is 0.456 e. The van der Waals surface area contributed by atoms with Crippen LogP contribution in [0.1, 0.15) is 32.6 Å². The molecule has 1 aromatic rings. The van der Waals surface area contributed by atoms with Crippen LogP contribution < -0.4 is 4.72 Å². The number of nitrogens with one attached hydrogen (secondary N) is 1. The van der Waals surface area contributed by atoms with Gasteiger partial charge in [-0.25, -0.2) is 13.1 Å². The van der Waals surface area contributed by atoms with Gasteiger partial charge in [0.1, 0.15) is 0 Å². The van der Waals surface area contributed by atoms with Gasteiger partial charge < -0.3 is 9.64 Å². The third kappa shape index (κ3) is 5.96. The lowest BCUT2D eigenvalue weighted by Gasteiger charge is -2.33. The van der Waals surface area contributed by atoms with Gasteiger partial charge >= 0.3 is 5.97 Å². The number of benzene rings is 1. The van der Waals surface area contributed by atoms with Crippen LogP contribution in [0.3, 0.4) is 0 Å². The van der Waals surface area contributed by atoms with Gasteiger partial charge in [-0.3, -0.25) is 9.59 Å². The lowest BCUT2D eigenvalue weighted by molar-refractivity contribution is -0.153. The van der Waals surface area contributed by atoms with Crippen molar-refractivity contribution < 1.29 is 22.7 Å². The maximum atomic E-state index is 12.1. The Morgan fingerprint density at radius 3 is 2.62 bits per heavy atom. The first-order valence-electron chi connectivity index (χ1n) is 8.50. The molecule has 0 aromatic heterocycles. The maximum absolute atomic E-state index is 12.1. The highest BCUT2D eigenvalue weighted by Crippen LogP contribution is 2.16. The fraction of sp³-hybridized carbons (Fsp3) is 0.529. The van der Waals surface area contributed by atoms with Crippen molar-refractivity contribution in [1.29, 1.82) is 0 Å². The minimum atomic E-state index is -3.72. The molecule has 2 rings (SSSR count). The fourth-order valence-electron chi connectivity index (χ4n) is 2.75.